The minimum absolute atomic E-state index is 0.299. The van der Waals surface area contributed by atoms with Gasteiger partial charge in [0.2, 0.25) is 0 Å². The van der Waals surface area contributed by atoms with Crippen LogP contribution in [0, 0.1) is 5.92 Å². The van der Waals surface area contributed by atoms with E-state index in [1.807, 2.05) is 6.92 Å². The predicted molar refractivity (Wildman–Crippen MR) is 76.1 cm³/mol. The zero-order chi connectivity index (χ0) is 13.2. The molecule has 1 fully saturated rings. The molecule has 2 atom stereocenters. The Bertz CT molecular complexity index is 452. The number of benzene rings is 1. The molecule has 1 aromatic rings. The van der Waals surface area contributed by atoms with Crippen molar-refractivity contribution in [2.45, 2.75) is 39.2 Å². The quantitative estimate of drug-likeness (QED) is 0.903. The molecule has 3 rings (SSSR count). The van der Waals surface area contributed by atoms with Crippen LogP contribution >= 0.6 is 0 Å². The third-order valence-corrected chi connectivity index (χ3v) is 4.05. The van der Waals surface area contributed by atoms with Crippen molar-refractivity contribution in [1.29, 1.82) is 0 Å². The minimum Gasteiger partial charge on any atom is -0.494 e. The maximum absolute atomic E-state index is 5.87. The summed E-state index contributed by atoms with van der Waals surface area (Å²) in [6, 6.07) is 4.40. The van der Waals surface area contributed by atoms with Gasteiger partial charge in [-0.05, 0) is 63.4 Å². The van der Waals surface area contributed by atoms with Crippen LogP contribution in [0.5, 0.6) is 11.5 Å². The third kappa shape index (κ3) is 2.71. The van der Waals surface area contributed by atoms with E-state index in [4.69, 9.17) is 9.47 Å². The number of hydrogen-bond acceptors (Lipinski definition) is 3. The van der Waals surface area contributed by atoms with E-state index in [2.05, 4.69) is 24.4 Å². The standard InChI is InChI=1S/C16H23NO2/c1-3-18-15-8-13-6-11(2)19-16(13)9-14(15)7-12-4-5-17-10-12/h8-9,11-12,17H,3-7,10H2,1-2H3. The van der Waals surface area contributed by atoms with Crippen molar-refractivity contribution in [1.82, 2.24) is 5.32 Å². The van der Waals surface area contributed by atoms with E-state index in [9.17, 15) is 0 Å². The second-order valence-electron chi connectivity index (χ2n) is 5.70. The summed E-state index contributed by atoms with van der Waals surface area (Å²) in [5.74, 6) is 2.86. The van der Waals surface area contributed by atoms with Crippen LogP contribution in [0.1, 0.15) is 31.4 Å². The molecule has 2 aliphatic heterocycles. The molecule has 3 heteroatoms. The fourth-order valence-corrected chi connectivity index (χ4v) is 3.13. The van der Waals surface area contributed by atoms with Crippen LogP contribution in [0.4, 0.5) is 0 Å². The van der Waals surface area contributed by atoms with Crippen molar-refractivity contribution in [2.75, 3.05) is 19.7 Å². The summed E-state index contributed by atoms with van der Waals surface area (Å²) in [5.41, 5.74) is 2.60. The van der Waals surface area contributed by atoms with Crippen molar-refractivity contribution in [2.24, 2.45) is 5.92 Å². The molecular weight excluding hydrogens is 238 g/mol. The fourth-order valence-electron chi connectivity index (χ4n) is 3.13. The van der Waals surface area contributed by atoms with E-state index in [0.717, 1.165) is 50.0 Å². The van der Waals surface area contributed by atoms with Gasteiger partial charge in [0.25, 0.3) is 0 Å². The van der Waals surface area contributed by atoms with Crippen molar-refractivity contribution >= 4 is 0 Å². The minimum atomic E-state index is 0.299. The second-order valence-corrected chi connectivity index (χ2v) is 5.70. The number of ether oxygens (including phenoxy) is 2. The highest BCUT2D eigenvalue weighted by Gasteiger charge is 2.23. The Hall–Kier alpha value is -1.22. The maximum atomic E-state index is 5.87. The SMILES string of the molecule is CCOc1cc2c(cc1CC1CCNC1)OC(C)C2. The predicted octanol–water partition coefficient (Wildman–Crippen LogP) is 2.56. The summed E-state index contributed by atoms with van der Waals surface area (Å²) in [6.45, 7) is 7.17. The van der Waals surface area contributed by atoms with Crippen LogP contribution in [0.3, 0.4) is 0 Å². The first kappa shape index (κ1) is 12.8. The molecule has 0 aliphatic carbocycles. The zero-order valence-electron chi connectivity index (χ0n) is 11.9. The maximum Gasteiger partial charge on any atom is 0.123 e. The summed E-state index contributed by atoms with van der Waals surface area (Å²) in [5, 5.41) is 3.43. The van der Waals surface area contributed by atoms with E-state index in [1.165, 1.54) is 17.5 Å². The van der Waals surface area contributed by atoms with Gasteiger partial charge in [0.15, 0.2) is 0 Å². The number of rotatable bonds is 4. The Morgan fingerprint density at radius 2 is 2.32 bits per heavy atom. The number of fused-ring (bicyclic) bond motifs is 1. The van der Waals surface area contributed by atoms with Gasteiger partial charge in [-0.15, -0.1) is 0 Å². The van der Waals surface area contributed by atoms with Crippen molar-refractivity contribution in [3.05, 3.63) is 23.3 Å². The van der Waals surface area contributed by atoms with Crippen LogP contribution in [-0.4, -0.2) is 25.8 Å². The van der Waals surface area contributed by atoms with Gasteiger partial charge in [0.05, 0.1) is 6.61 Å². The highest BCUT2D eigenvalue weighted by Crippen LogP contribution is 2.36. The molecule has 3 nitrogen and oxygen atoms in total. The lowest BCUT2D eigenvalue weighted by Gasteiger charge is -2.15. The number of nitrogens with one attached hydrogen (secondary N) is 1. The molecule has 0 spiro atoms. The van der Waals surface area contributed by atoms with E-state index in [0.29, 0.717) is 6.10 Å². The van der Waals surface area contributed by atoms with Gasteiger partial charge in [0.1, 0.15) is 17.6 Å². The summed E-state index contributed by atoms with van der Waals surface area (Å²) >= 11 is 0. The monoisotopic (exact) mass is 261 g/mol. The Kier molecular flexibility index (Phi) is 3.65. The van der Waals surface area contributed by atoms with E-state index in [-0.39, 0.29) is 0 Å². The molecule has 1 aromatic carbocycles. The smallest absolute Gasteiger partial charge is 0.123 e. The Morgan fingerprint density at radius 3 is 3.05 bits per heavy atom. The van der Waals surface area contributed by atoms with E-state index in [1.54, 1.807) is 0 Å². The van der Waals surface area contributed by atoms with Gasteiger partial charge in [-0.25, -0.2) is 0 Å². The molecule has 2 aliphatic rings. The van der Waals surface area contributed by atoms with Gasteiger partial charge < -0.3 is 14.8 Å². The molecule has 0 saturated carbocycles. The summed E-state index contributed by atoms with van der Waals surface area (Å²) in [6.07, 6.45) is 3.65. The molecule has 0 aromatic heterocycles. The van der Waals surface area contributed by atoms with Gasteiger partial charge in [-0.2, -0.15) is 0 Å². The van der Waals surface area contributed by atoms with Crippen molar-refractivity contribution in [3.63, 3.8) is 0 Å². The normalized spacial score (nSPS) is 25.2. The first-order chi connectivity index (χ1) is 9.26. The van der Waals surface area contributed by atoms with Crippen LogP contribution in [0.25, 0.3) is 0 Å². The lowest BCUT2D eigenvalue weighted by Crippen LogP contribution is -2.11. The van der Waals surface area contributed by atoms with Gasteiger partial charge in [0, 0.05) is 12.0 Å². The van der Waals surface area contributed by atoms with Gasteiger partial charge >= 0.3 is 0 Å². The van der Waals surface area contributed by atoms with Gasteiger partial charge in [-0.3, -0.25) is 0 Å². The van der Waals surface area contributed by atoms with Crippen LogP contribution < -0.4 is 14.8 Å². The molecule has 0 bridgehead atoms. The fraction of sp³-hybridized carbons (Fsp3) is 0.625. The van der Waals surface area contributed by atoms with Crippen LogP contribution in [-0.2, 0) is 12.8 Å². The second kappa shape index (κ2) is 5.41. The Morgan fingerprint density at radius 1 is 1.42 bits per heavy atom. The molecule has 2 heterocycles. The van der Waals surface area contributed by atoms with Gasteiger partial charge in [-0.1, -0.05) is 0 Å². The topological polar surface area (TPSA) is 30.5 Å². The molecule has 2 unspecified atom stereocenters. The average Bonchev–Trinajstić information content (AvgIpc) is 2.98. The molecule has 104 valence electrons. The average molecular weight is 261 g/mol. The molecule has 1 N–H and O–H groups in total. The van der Waals surface area contributed by atoms with E-state index < -0.39 is 0 Å². The highest BCUT2D eigenvalue weighted by atomic mass is 16.5. The van der Waals surface area contributed by atoms with Crippen LogP contribution in [0.15, 0.2) is 12.1 Å². The lowest BCUT2D eigenvalue weighted by molar-refractivity contribution is 0.254. The molecule has 19 heavy (non-hydrogen) atoms. The van der Waals surface area contributed by atoms with Crippen molar-refractivity contribution in [3.8, 4) is 11.5 Å². The summed E-state index contributed by atoms with van der Waals surface area (Å²) < 4.78 is 11.7. The Labute approximate surface area is 115 Å². The summed E-state index contributed by atoms with van der Waals surface area (Å²) in [4.78, 5) is 0. The molecule has 1 saturated heterocycles. The molecule has 0 amide bonds. The molecular formula is C16H23NO2. The van der Waals surface area contributed by atoms with Crippen molar-refractivity contribution < 1.29 is 9.47 Å². The third-order valence-electron chi connectivity index (χ3n) is 4.05. The molecule has 0 radical (unpaired) electrons. The lowest BCUT2D eigenvalue weighted by atomic mass is 9.96. The largest absolute Gasteiger partial charge is 0.494 e. The Balaban J connectivity index is 1.85. The zero-order valence-corrected chi connectivity index (χ0v) is 11.9. The first-order valence-electron chi connectivity index (χ1n) is 7.42. The number of hydrogen-bond donors (Lipinski definition) is 1. The van der Waals surface area contributed by atoms with Crippen LogP contribution in [0.2, 0.25) is 0 Å². The summed E-state index contributed by atoms with van der Waals surface area (Å²) in [7, 11) is 0. The first-order valence-corrected chi connectivity index (χ1v) is 7.42. The highest BCUT2D eigenvalue weighted by molar-refractivity contribution is 5.49. The van der Waals surface area contributed by atoms with E-state index >= 15 is 0 Å².